The molecule has 2 atom stereocenters. The SMILES string of the molecule is CCNC1CC(c2cncc(Br)c2)Oc2ccc(F)cc21. The molecule has 0 spiro atoms. The van der Waals surface area contributed by atoms with E-state index in [-0.39, 0.29) is 18.0 Å². The molecule has 5 heteroatoms. The highest BCUT2D eigenvalue weighted by atomic mass is 79.9. The maximum Gasteiger partial charge on any atom is 0.127 e. The van der Waals surface area contributed by atoms with Gasteiger partial charge in [-0.1, -0.05) is 6.92 Å². The molecule has 0 radical (unpaired) electrons. The highest BCUT2D eigenvalue weighted by Crippen LogP contribution is 2.41. The fourth-order valence-corrected chi connectivity index (χ4v) is 3.07. The van der Waals surface area contributed by atoms with E-state index in [4.69, 9.17) is 4.74 Å². The normalized spacial score (nSPS) is 20.7. The summed E-state index contributed by atoms with van der Waals surface area (Å²) >= 11 is 3.43. The van der Waals surface area contributed by atoms with Crippen molar-refractivity contribution in [1.82, 2.24) is 10.3 Å². The molecule has 0 aliphatic carbocycles. The molecule has 0 fully saturated rings. The van der Waals surface area contributed by atoms with Gasteiger partial charge >= 0.3 is 0 Å². The standard InChI is InChI=1S/C16H16BrFN2O/c1-2-20-14-7-16(10-5-11(17)9-19-8-10)21-15-4-3-12(18)6-13(14)15/h3-6,8-9,14,16,20H,2,7H2,1H3. The number of ether oxygens (including phenoxy) is 1. The van der Waals surface area contributed by atoms with Gasteiger partial charge in [-0.05, 0) is 46.7 Å². The summed E-state index contributed by atoms with van der Waals surface area (Å²) in [4.78, 5) is 4.19. The molecule has 1 N–H and O–H groups in total. The van der Waals surface area contributed by atoms with Crippen molar-refractivity contribution in [2.45, 2.75) is 25.5 Å². The number of fused-ring (bicyclic) bond motifs is 1. The minimum Gasteiger partial charge on any atom is -0.485 e. The van der Waals surface area contributed by atoms with Gasteiger partial charge in [-0.3, -0.25) is 4.98 Å². The lowest BCUT2D eigenvalue weighted by atomic mass is 9.93. The largest absolute Gasteiger partial charge is 0.485 e. The maximum atomic E-state index is 13.5. The van der Waals surface area contributed by atoms with Crippen LogP contribution in [0.15, 0.2) is 41.1 Å². The molecule has 1 aromatic carbocycles. The smallest absolute Gasteiger partial charge is 0.127 e. The van der Waals surface area contributed by atoms with Crippen molar-refractivity contribution in [2.24, 2.45) is 0 Å². The molecule has 110 valence electrons. The summed E-state index contributed by atoms with van der Waals surface area (Å²) in [7, 11) is 0. The zero-order valence-electron chi connectivity index (χ0n) is 11.6. The van der Waals surface area contributed by atoms with Crippen LogP contribution in [-0.4, -0.2) is 11.5 Å². The molecule has 2 aromatic rings. The van der Waals surface area contributed by atoms with Gasteiger partial charge in [-0.15, -0.1) is 0 Å². The molecule has 3 nitrogen and oxygen atoms in total. The number of nitrogens with zero attached hydrogens (tertiary/aromatic N) is 1. The van der Waals surface area contributed by atoms with E-state index in [1.54, 1.807) is 18.3 Å². The van der Waals surface area contributed by atoms with Crippen molar-refractivity contribution in [3.8, 4) is 5.75 Å². The average Bonchev–Trinajstić information content (AvgIpc) is 2.48. The Morgan fingerprint density at radius 3 is 3.00 bits per heavy atom. The molecule has 21 heavy (non-hydrogen) atoms. The number of rotatable bonds is 3. The van der Waals surface area contributed by atoms with Crippen LogP contribution in [0.3, 0.4) is 0 Å². The molecule has 2 heterocycles. The van der Waals surface area contributed by atoms with Crippen molar-refractivity contribution < 1.29 is 9.13 Å². The second-order valence-corrected chi connectivity index (χ2v) is 5.99. The third kappa shape index (κ3) is 3.09. The molecule has 2 unspecified atom stereocenters. The summed E-state index contributed by atoms with van der Waals surface area (Å²) in [5.74, 6) is 0.501. The third-order valence-corrected chi connectivity index (χ3v) is 4.05. The topological polar surface area (TPSA) is 34.2 Å². The summed E-state index contributed by atoms with van der Waals surface area (Å²) in [6, 6.07) is 6.78. The summed E-state index contributed by atoms with van der Waals surface area (Å²) < 4.78 is 20.4. The van der Waals surface area contributed by atoms with Crippen LogP contribution < -0.4 is 10.1 Å². The first-order valence-electron chi connectivity index (χ1n) is 6.97. The number of aromatic nitrogens is 1. The van der Waals surface area contributed by atoms with Crippen molar-refractivity contribution >= 4 is 15.9 Å². The molecule has 0 amide bonds. The maximum absolute atomic E-state index is 13.5. The van der Waals surface area contributed by atoms with Crippen LogP contribution in [-0.2, 0) is 0 Å². The van der Waals surface area contributed by atoms with Gasteiger partial charge in [0.15, 0.2) is 0 Å². The minimum atomic E-state index is -0.233. The molecule has 3 rings (SSSR count). The Labute approximate surface area is 131 Å². The Kier molecular flexibility index (Phi) is 4.22. The van der Waals surface area contributed by atoms with Crippen LogP contribution in [0.25, 0.3) is 0 Å². The molecular formula is C16H16BrFN2O. The lowest BCUT2D eigenvalue weighted by Crippen LogP contribution is -2.29. The molecule has 1 aliphatic rings. The lowest BCUT2D eigenvalue weighted by Gasteiger charge is -2.32. The van der Waals surface area contributed by atoms with Gasteiger partial charge in [0.2, 0.25) is 0 Å². The van der Waals surface area contributed by atoms with E-state index in [2.05, 4.69) is 26.2 Å². The second-order valence-electron chi connectivity index (χ2n) is 5.07. The number of nitrogens with one attached hydrogen (secondary N) is 1. The molecule has 1 aliphatic heterocycles. The zero-order valence-corrected chi connectivity index (χ0v) is 13.2. The summed E-state index contributed by atoms with van der Waals surface area (Å²) in [5.41, 5.74) is 1.90. The van der Waals surface area contributed by atoms with E-state index in [1.165, 1.54) is 6.07 Å². The van der Waals surface area contributed by atoms with Gasteiger partial charge in [0.1, 0.15) is 17.7 Å². The quantitative estimate of drug-likeness (QED) is 0.902. The molecule has 1 aromatic heterocycles. The van der Waals surface area contributed by atoms with Crippen molar-refractivity contribution in [3.05, 3.63) is 58.1 Å². The number of halogens is 2. The van der Waals surface area contributed by atoms with Gasteiger partial charge in [0.25, 0.3) is 0 Å². The fourth-order valence-electron chi connectivity index (χ4n) is 2.69. The van der Waals surface area contributed by atoms with E-state index in [0.29, 0.717) is 0 Å². The van der Waals surface area contributed by atoms with Crippen LogP contribution in [0.1, 0.15) is 36.6 Å². The van der Waals surface area contributed by atoms with E-state index in [0.717, 1.165) is 34.3 Å². The molecule has 0 saturated heterocycles. The fraction of sp³-hybridized carbons (Fsp3) is 0.312. The van der Waals surface area contributed by atoms with Crippen LogP contribution in [0, 0.1) is 5.82 Å². The molecular weight excluding hydrogens is 335 g/mol. The molecule has 0 bridgehead atoms. The molecule has 0 saturated carbocycles. The van der Waals surface area contributed by atoms with Gasteiger partial charge in [-0.25, -0.2) is 4.39 Å². The van der Waals surface area contributed by atoms with E-state index in [1.807, 2.05) is 19.2 Å². The van der Waals surface area contributed by atoms with Crippen LogP contribution in [0.2, 0.25) is 0 Å². The number of pyridine rings is 1. The Morgan fingerprint density at radius 2 is 2.24 bits per heavy atom. The minimum absolute atomic E-state index is 0.0819. The van der Waals surface area contributed by atoms with Crippen LogP contribution in [0.5, 0.6) is 5.75 Å². The first-order valence-corrected chi connectivity index (χ1v) is 7.76. The van der Waals surface area contributed by atoms with Crippen LogP contribution in [0.4, 0.5) is 4.39 Å². The highest BCUT2D eigenvalue weighted by molar-refractivity contribution is 9.10. The highest BCUT2D eigenvalue weighted by Gasteiger charge is 2.29. The Hall–Kier alpha value is -1.46. The Bertz CT molecular complexity index is 650. The van der Waals surface area contributed by atoms with E-state index >= 15 is 0 Å². The van der Waals surface area contributed by atoms with E-state index < -0.39 is 0 Å². The monoisotopic (exact) mass is 350 g/mol. The van der Waals surface area contributed by atoms with Crippen molar-refractivity contribution in [1.29, 1.82) is 0 Å². The van der Waals surface area contributed by atoms with Gasteiger partial charge < -0.3 is 10.1 Å². The number of benzene rings is 1. The predicted molar refractivity (Wildman–Crippen MR) is 82.7 cm³/mol. The third-order valence-electron chi connectivity index (χ3n) is 3.61. The summed E-state index contributed by atoms with van der Waals surface area (Å²) in [6.07, 6.45) is 4.23. The van der Waals surface area contributed by atoms with Crippen molar-refractivity contribution in [2.75, 3.05) is 6.54 Å². The van der Waals surface area contributed by atoms with E-state index in [9.17, 15) is 4.39 Å². The lowest BCUT2D eigenvalue weighted by molar-refractivity contribution is 0.151. The van der Waals surface area contributed by atoms with Crippen LogP contribution >= 0.6 is 15.9 Å². The Balaban J connectivity index is 1.95. The Morgan fingerprint density at radius 1 is 1.38 bits per heavy atom. The second kappa shape index (κ2) is 6.12. The number of hydrogen-bond acceptors (Lipinski definition) is 3. The predicted octanol–water partition coefficient (Wildman–Crippen LogP) is 4.16. The number of hydrogen-bond donors (Lipinski definition) is 1. The first-order chi connectivity index (χ1) is 10.2. The zero-order chi connectivity index (χ0) is 14.8. The van der Waals surface area contributed by atoms with Crippen molar-refractivity contribution in [3.63, 3.8) is 0 Å². The average molecular weight is 351 g/mol. The van der Waals surface area contributed by atoms with Gasteiger partial charge in [0, 0.05) is 40.5 Å². The van der Waals surface area contributed by atoms with Gasteiger partial charge in [0.05, 0.1) is 0 Å². The summed E-state index contributed by atoms with van der Waals surface area (Å²) in [6.45, 7) is 2.87. The van der Waals surface area contributed by atoms with Gasteiger partial charge in [-0.2, -0.15) is 0 Å². The first kappa shape index (κ1) is 14.5. The summed E-state index contributed by atoms with van der Waals surface area (Å²) in [5, 5.41) is 3.40.